The zero-order valence-electron chi connectivity index (χ0n) is 12.2. The zero-order chi connectivity index (χ0) is 15.3. The van der Waals surface area contributed by atoms with Gasteiger partial charge in [0.2, 0.25) is 5.91 Å². The average Bonchev–Trinajstić information content (AvgIpc) is 3.18. The van der Waals surface area contributed by atoms with Crippen molar-refractivity contribution in [1.82, 2.24) is 5.16 Å². The second kappa shape index (κ2) is 4.81. The van der Waals surface area contributed by atoms with E-state index in [1.165, 1.54) is 0 Å². The van der Waals surface area contributed by atoms with Gasteiger partial charge in [0.25, 0.3) is 0 Å². The van der Waals surface area contributed by atoms with Gasteiger partial charge in [-0.1, -0.05) is 11.2 Å². The summed E-state index contributed by atoms with van der Waals surface area (Å²) in [6, 6.07) is 8.04. The monoisotopic (exact) mass is 310 g/mol. The molecule has 3 aromatic rings. The number of carbonyl (C=O) groups excluding carboxylic acids is 1. The van der Waals surface area contributed by atoms with Crippen molar-refractivity contribution in [3.05, 3.63) is 57.6 Å². The van der Waals surface area contributed by atoms with Crippen LogP contribution in [0.5, 0.6) is 0 Å². The minimum absolute atomic E-state index is 0.0318. The molecule has 0 fully saturated rings. The van der Waals surface area contributed by atoms with Crippen molar-refractivity contribution >= 4 is 22.9 Å². The first-order chi connectivity index (χ1) is 10.6. The second-order valence-electron chi connectivity index (χ2n) is 5.48. The number of benzene rings is 1. The molecule has 3 heterocycles. The summed E-state index contributed by atoms with van der Waals surface area (Å²) in [5.74, 6) is 0.591. The Labute approximate surface area is 131 Å². The quantitative estimate of drug-likeness (QED) is 0.775. The second-order valence-corrected chi connectivity index (χ2v) is 6.26. The maximum Gasteiger partial charge on any atom is 0.236 e. The van der Waals surface area contributed by atoms with Crippen molar-refractivity contribution in [1.29, 1.82) is 0 Å². The van der Waals surface area contributed by atoms with Gasteiger partial charge in [-0.25, -0.2) is 0 Å². The number of hydrogen-bond donors (Lipinski definition) is 1. The first-order valence-electron chi connectivity index (χ1n) is 7.05. The fourth-order valence-electron chi connectivity index (χ4n) is 3.08. The van der Waals surface area contributed by atoms with E-state index in [4.69, 9.17) is 4.52 Å². The topological polar surface area (TPSA) is 55.1 Å². The van der Waals surface area contributed by atoms with E-state index in [1.807, 2.05) is 42.8 Å². The molecular weight excluding hydrogens is 296 g/mol. The standard InChI is InChI=1S/C17H14N2O2S/c1-9-15(10(2)21-19-9)11-3-4-14-13(7-11)16(17(20)18-14)12-5-6-22-8-12/h3-8,16H,1-2H3,(H,18,20). The van der Waals surface area contributed by atoms with Crippen molar-refractivity contribution in [2.75, 3.05) is 5.32 Å². The van der Waals surface area contributed by atoms with Crippen LogP contribution in [-0.2, 0) is 4.79 Å². The summed E-state index contributed by atoms with van der Waals surface area (Å²) >= 11 is 1.60. The number of aromatic nitrogens is 1. The molecule has 0 aliphatic carbocycles. The average molecular weight is 310 g/mol. The lowest BCUT2D eigenvalue weighted by atomic mass is 9.92. The van der Waals surface area contributed by atoms with E-state index >= 15 is 0 Å². The van der Waals surface area contributed by atoms with Crippen LogP contribution >= 0.6 is 11.3 Å². The number of amides is 1. The van der Waals surface area contributed by atoms with Gasteiger partial charge in [0.1, 0.15) is 5.76 Å². The summed E-state index contributed by atoms with van der Waals surface area (Å²) in [4.78, 5) is 12.3. The van der Waals surface area contributed by atoms with Gasteiger partial charge in [0.05, 0.1) is 11.6 Å². The summed E-state index contributed by atoms with van der Waals surface area (Å²) in [5.41, 5.74) is 5.84. The van der Waals surface area contributed by atoms with Crippen LogP contribution in [0.15, 0.2) is 39.5 Å². The van der Waals surface area contributed by atoms with Crippen LogP contribution in [-0.4, -0.2) is 11.1 Å². The number of carbonyl (C=O) groups is 1. The van der Waals surface area contributed by atoms with E-state index < -0.39 is 0 Å². The minimum Gasteiger partial charge on any atom is -0.361 e. The summed E-state index contributed by atoms with van der Waals surface area (Å²) in [6.07, 6.45) is 0. The molecule has 0 bridgehead atoms. The van der Waals surface area contributed by atoms with Crippen molar-refractivity contribution < 1.29 is 9.32 Å². The Balaban J connectivity index is 1.87. The third-order valence-electron chi connectivity index (χ3n) is 4.08. The highest BCUT2D eigenvalue weighted by Crippen LogP contribution is 2.40. The molecule has 4 nitrogen and oxygen atoms in total. The molecule has 2 aromatic heterocycles. The fourth-order valence-corrected chi connectivity index (χ4v) is 3.77. The molecular formula is C17H14N2O2S. The Bertz CT molecular complexity index is 845. The number of fused-ring (bicyclic) bond motifs is 1. The maximum absolute atomic E-state index is 12.3. The number of rotatable bonds is 2. The van der Waals surface area contributed by atoms with Gasteiger partial charge in [-0.05, 0) is 59.5 Å². The largest absolute Gasteiger partial charge is 0.361 e. The fraction of sp³-hybridized carbons (Fsp3) is 0.176. The Morgan fingerprint density at radius 3 is 2.82 bits per heavy atom. The number of hydrogen-bond acceptors (Lipinski definition) is 4. The Morgan fingerprint density at radius 2 is 2.14 bits per heavy atom. The highest BCUT2D eigenvalue weighted by Gasteiger charge is 2.32. The first-order valence-corrected chi connectivity index (χ1v) is 7.99. The van der Waals surface area contributed by atoms with Crippen LogP contribution in [0.25, 0.3) is 11.1 Å². The molecule has 0 saturated heterocycles. The van der Waals surface area contributed by atoms with E-state index in [2.05, 4.69) is 16.5 Å². The smallest absolute Gasteiger partial charge is 0.236 e. The molecule has 4 rings (SSSR count). The van der Waals surface area contributed by atoms with E-state index in [1.54, 1.807) is 11.3 Å². The molecule has 0 radical (unpaired) electrons. The van der Waals surface area contributed by atoms with E-state index in [0.29, 0.717) is 0 Å². The van der Waals surface area contributed by atoms with Crippen molar-refractivity contribution in [2.24, 2.45) is 0 Å². The number of nitrogens with one attached hydrogen (secondary N) is 1. The van der Waals surface area contributed by atoms with Crippen LogP contribution in [0.3, 0.4) is 0 Å². The van der Waals surface area contributed by atoms with Crippen LogP contribution in [0, 0.1) is 13.8 Å². The van der Waals surface area contributed by atoms with Gasteiger partial charge in [-0.15, -0.1) is 0 Å². The highest BCUT2D eigenvalue weighted by molar-refractivity contribution is 7.08. The molecule has 1 amide bonds. The summed E-state index contributed by atoms with van der Waals surface area (Å²) in [5, 5.41) is 11.0. The van der Waals surface area contributed by atoms with Crippen molar-refractivity contribution in [3.63, 3.8) is 0 Å². The van der Waals surface area contributed by atoms with Gasteiger partial charge in [-0.2, -0.15) is 11.3 Å². The summed E-state index contributed by atoms with van der Waals surface area (Å²) in [6.45, 7) is 3.83. The molecule has 0 spiro atoms. The van der Waals surface area contributed by atoms with Gasteiger partial charge in [0.15, 0.2) is 0 Å². The lowest BCUT2D eigenvalue weighted by molar-refractivity contribution is -0.116. The molecule has 110 valence electrons. The van der Waals surface area contributed by atoms with Crippen molar-refractivity contribution in [2.45, 2.75) is 19.8 Å². The van der Waals surface area contributed by atoms with E-state index in [-0.39, 0.29) is 11.8 Å². The maximum atomic E-state index is 12.3. The highest BCUT2D eigenvalue weighted by atomic mass is 32.1. The Kier molecular flexibility index (Phi) is 2.90. The molecule has 1 aromatic carbocycles. The van der Waals surface area contributed by atoms with E-state index in [9.17, 15) is 4.79 Å². The summed E-state index contributed by atoms with van der Waals surface area (Å²) < 4.78 is 5.26. The van der Waals surface area contributed by atoms with Gasteiger partial charge in [0, 0.05) is 11.3 Å². The zero-order valence-corrected chi connectivity index (χ0v) is 13.0. The third-order valence-corrected chi connectivity index (χ3v) is 4.78. The molecule has 1 N–H and O–H groups in total. The number of anilines is 1. The predicted octanol–water partition coefficient (Wildman–Crippen LogP) is 4.10. The molecule has 22 heavy (non-hydrogen) atoms. The number of aryl methyl sites for hydroxylation is 2. The van der Waals surface area contributed by atoms with Crippen LogP contribution in [0.2, 0.25) is 0 Å². The minimum atomic E-state index is -0.235. The van der Waals surface area contributed by atoms with Gasteiger partial charge in [-0.3, -0.25) is 4.79 Å². The van der Waals surface area contributed by atoms with Gasteiger partial charge >= 0.3 is 0 Å². The Hall–Kier alpha value is -2.40. The Morgan fingerprint density at radius 1 is 1.27 bits per heavy atom. The predicted molar refractivity (Wildman–Crippen MR) is 86.2 cm³/mol. The molecule has 1 aliphatic rings. The number of thiophene rings is 1. The SMILES string of the molecule is Cc1noc(C)c1-c1ccc2c(c1)C(c1ccsc1)C(=O)N2. The molecule has 1 atom stereocenters. The molecule has 5 heteroatoms. The summed E-state index contributed by atoms with van der Waals surface area (Å²) in [7, 11) is 0. The lowest BCUT2D eigenvalue weighted by Gasteiger charge is -2.08. The third kappa shape index (κ3) is 1.89. The van der Waals surface area contributed by atoms with Gasteiger partial charge < -0.3 is 9.84 Å². The van der Waals surface area contributed by atoms with Crippen LogP contribution in [0.1, 0.15) is 28.5 Å². The first kappa shape index (κ1) is 13.3. The normalized spacial score (nSPS) is 16.6. The lowest BCUT2D eigenvalue weighted by Crippen LogP contribution is -2.12. The van der Waals surface area contributed by atoms with Crippen molar-refractivity contribution in [3.8, 4) is 11.1 Å². The van der Waals surface area contributed by atoms with Crippen LogP contribution < -0.4 is 5.32 Å². The molecule has 0 saturated carbocycles. The number of nitrogens with zero attached hydrogens (tertiary/aromatic N) is 1. The van der Waals surface area contributed by atoms with E-state index in [0.717, 1.165) is 39.4 Å². The van der Waals surface area contributed by atoms with Crippen LogP contribution in [0.4, 0.5) is 5.69 Å². The molecule has 1 aliphatic heterocycles. The molecule has 1 unspecified atom stereocenters.